The van der Waals surface area contributed by atoms with Gasteiger partial charge in [-0.3, -0.25) is 9.59 Å². The zero-order valence-corrected chi connectivity index (χ0v) is 9.15. The van der Waals surface area contributed by atoms with Gasteiger partial charge in [-0.1, -0.05) is 18.2 Å². The van der Waals surface area contributed by atoms with Crippen LogP contribution in [0.1, 0.15) is 34.6 Å². The predicted octanol–water partition coefficient (Wildman–Crippen LogP) is 1.64. The molecule has 0 aliphatic carbocycles. The van der Waals surface area contributed by atoms with Crippen LogP contribution in [-0.4, -0.2) is 24.1 Å². The standard InChI is InChI=1S/C12H12O4/c1-8(13)7-16-12(15)11-6-4-3-5-10(11)9(2)14/h3-6H,7H2,1-2H3. The summed E-state index contributed by atoms with van der Waals surface area (Å²) in [6.07, 6.45) is 0. The van der Waals surface area contributed by atoms with Crippen LogP contribution in [0.15, 0.2) is 24.3 Å². The number of carbonyl (C=O) groups is 3. The summed E-state index contributed by atoms with van der Waals surface area (Å²) >= 11 is 0. The summed E-state index contributed by atoms with van der Waals surface area (Å²) in [5.41, 5.74) is 0.493. The number of ketones is 2. The first kappa shape index (κ1) is 12.1. The van der Waals surface area contributed by atoms with Crippen LogP contribution >= 0.6 is 0 Å². The zero-order valence-electron chi connectivity index (χ0n) is 9.15. The van der Waals surface area contributed by atoms with Gasteiger partial charge in [-0.15, -0.1) is 0 Å². The molecule has 0 spiro atoms. The highest BCUT2D eigenvalue weighted by Crippen LogP contribution is 2.10. The van der Waals surface area contributed by atoms with Gasteiger partial charge < -0.3 is 4.74 Å². The van der Waals surface area contributed by atoms with Gasteiger partial charge in [0.1, 0.15) is 6.61 Å². The molecule has 0 bridgehead atoms. The fraction of sp³-hybridized carbons (Fsp3) is 0.250. The zero-order chi connectivity index (χ0) is 12.1. The molecule has 0 aromatic heterocycles. The third-order valence-electron chi connectivity index (χ3n) is 1.93. The van der Waals surface area contributed by atoms with Crippen LogP contribution in [0.2, 0.25) is 0 Å². The Morgan fingerprint density at radius 3 is 2.12 bits per heavy atom. The fourth-order valence-corrected chi connectivity index (χ4v) is 1.21. The van der Waals surface area contributed by atoms with Gasteiger partial charge in [-0.25, -0.2) is 4.79 Å². The second kappa shape index (κ2) is 5.21. The lowest BCUT2D eigenvalue weighted by molar-refractivity contribution is -0.120. The molecule has 0 atom stereocenters. The van der Waals surface area contributed by atoms with Crippen LogP contribution in [0.3, 0.4) is 0 Å². The molecule has 84 valence electrons. The summed E-state index contributed by atoms with van der Waals surface area (Å²) in [4.78, 5) is 33.4. The van der Waals surface area contributed by atoms with Gasteiger partial charge in [0.05, 0.1) is 5.56 Å². The van der Waals surface area contributed by atoms with Crippen molar-refractivity contribution in [2.75, 3.05) is 6.61 Å². The van der Waals surface area contributed by atoms with E-state index in [1.54, 1.807) is 18.2 Å². The molecule has 1 aromatic carbocycles. The lowest BCUT2D eigenvalue weighted by atomic mass is 10.0. The van der Waals surface area contributed by atoms with Gasteiger partial charge in [0, 0.05) is 5.56 Å². The summed E-state index contributed by atoms with van der Waals surface area (Å²) in [7, 11) is 0. The van der Waals surface area contributed by atoms with Gasteiger partial charge in [-0.05, 0) is 19.9 Å². The number of carbonyl (C=O) groups excluding carboxylic acids is 3. The summed E-state index contributed by atoms with van der Waals surface area (Å²) in [5.74, 6) is -1.11. The molecule has 1 rings (SSSR count). The molecule has 0 radical (unpaired) electrons. The van der Waals surface area contributed by atoms with E-state index in [9.17, 15) is 14.4 Å². The molecule has 16 heavy (non-hydrogen) atoms. The lowest BCUT2D eigenvalue weighted by Crippen LogP contribution is -2.14. The normalized spacial score (nSPS) is 9.62. The average Bonchev–Trinajstić information content (AvgIpc) is 2.25. The minimum atomic E-state index is -0.652. The van der Waals surface area contributed by atoms with Crippen LogP contribution in [0.5, 0.6) is 0 Å². The number of rotatable bonds is 4. The molecular formula is C12H12O4. The van der Waals surface area contributed by atoms with Gasteiger partial charge in [0.2, 0.25) is 0 Å². The minimum Gasteiger partial charge on any atom is -0.454 e. The van der Waals surface area contributed by atoms with Crippen molar-refractivity contribution in [1.82, 2.24) is 0 Å². The van der Waals surface area contributed by atoms with Crippen molar-refractivity contribution in [2.45, 2.75) is 13.8 Å². The van der Waals surface area contributed by atoms with Crippen molar-refractivity contribution < 1.29 is 19.1 Å². The lowest BCUT2D eigenvalue weighted by Gasteiger charge is -2.05. The quantitative estimate of drug-likeness (QED) is 0.571. The van der Waals surface area contributed by atoms with E-state index in [1.165, 1.54) is 19.9 Å². The number of hydrogen-bond donors (Lipinski definition) is 0. The number of esters is 1. The molecule has 0 aliphatic heterocycles. The molecule has 0 fully saturated rings. The maximum Gasteiger partial charge on any atom is 0.339 e. The Morgan fingerprint density at radius 2 is 1.62 bits per heavy atom. The van der Waals surface area contributed by atoms with Crippen molar-refractivity contribution in [3.63, 3.8) is 0 Å². The molecule has 0 heterocycles. The Morgan fingerprint density at radius 1 is 1.06 bits per heavy atom. The summed E-state index contributed by atoms with van der Waals surface area (Å²) in [6.45, 7) is 2.42. The SMILES string of the molecule is CC(=O)COC(=O)c1ccccc1C(C)=O. The number of ether oxygens (including phenoxy) is 1. The summed E-state index contributed by atoms with van der Waals surface area (Å²) < 4.78 is 4.74. The molecule has 0 saturated heterocycles. The van der Waals surface area contributed by atoms with Crippen LogP contribution in [-0.2, 0) is 9.53 Å². The fourth-order valence-electron chi connectivity index (χ4n) is 1.21. The van der Waals surface area contributed by atoms with Crippen molar-refractivity contribution >= 4 is 17.5 Å². The van der Waals surface area contributed by atoms with Crippen LogP contribution in [0, 0.1) is 0 Å². The molecule has 0 unspecified atom stereocenters. The van der Waals surface area contributed by atoms with Crippen LogP contribution in [0.4, 0.5) is 0 Å². The van der Waals surface area contributed by atoms with E-state index in [2.05, 4.69) is 0 Å². The molecule has 4 nitrogen and oxygen atoms in total. The number of Topliss-reactive ketones (excluding diaryl/α,β-unsaturated/α-hetero) is 2. The largest absolute Gasteiger partial charge is 0.454 e. The second-order valence-electron chi connectivity index (χ2n) is 3.38. The maximum atomic E-state index is 11.5. The predicted molar refractivity (Wildman–Crippen MR) is 57.4 cm³/mol. The van der Waals surface area contributed by atoms with E-state index < -0.39 is 5.97 Å². The Balaban J connectivity index is 2.90. The van der Waals surface area contributed by atoms with Gasteiger partial charge in [-0.2, -0.15) is 0 Å². The van der Waals surface area contributed by atoms with Gasteiger partial charge >= 0.3 is 5.97 Å². The Hall–Kier alpha value is -1.97. The smallest absolute Gasteiger partial charge is 0.339 e. The average molecular weight is 220 g/mol. The molecule has 0 N–H and O–H groups in total. The monoisotopic (exact) mass is 220 g/mol. The van der Waals surface area contributed by atoms with E-state index in [-0.39, 0.29) is 23.7 Å². The third-order valence-corrected chi connectivity index (χ3v) is 1.93. The van der Waals surface area contributed by atoms with Crippen LogP contribution < -0.4 is 0 Å². The van der Waals surface area contributed by atoms with Crippen molar-refractivity contribution in [1.29, 1.82) is 0 Å². The van der Waals surface area contributed by atoms with E-state index >= 15 is 0 Å². The molecule has 4 heteroatoms. The highest BCUT2D eigenvalue weighted by molar-refractivity contribution is 6.05. The molecule has 0 amide bonds. The summed E-state index contributed by atoms with van der Waals surface area (Å²) in [5, 5.41) is 0. The maximum absolute atomic E-state index is 11.5. The molecular weight excluding hydrogens is 208 g/mol. The highest BCUT2D eigenvalue weighted by Gasteiger charge is 2.15. The van der Waals surface area contributed by atoms with Crippen molar-refractivity contribution in [3.05, 3.63) is 35.4 Å². The topological polar surface area (TPSA) is 60.4 Å². The number of benzene rings is 1. The highest BCUT2D eigenvalue weighted by atomic mass is 16.5. The molecule has 0 aliphatic rings. The van der Waals surface area contributed by atoms with Crippen LogP contribution in [0.25, 0.3) is 0 Å². The molecule has 0 saturated carbocycles. The third kappa shape index (κ3) is 3.02. The number of hydrogen-bond acceptors (Lipinski definition) is 4. The van der Waals surface area contributed by atoms with E-state index in [1.807, 2.05) is 0 Å². The van der Waals surface area contributed by atoms with E-state index in [0.29, 0.717) is 5.56 Å². The Labute approximate surface area is 93.2 Å². The van der Waals surface area contributed by atoms with E-state index in [4.69, 9.17) is 4.74 Å². The van der Waals surface area contributed by atoms with Crippen molar-refractivity contribution in [2.24, 2.45) is 0 Å². The minimum absolute atomic E-state index is 0.191. The Kier molecular flexibility index (Phi) is 3.94. The van der Waals surface area contributed by atoms with Gasteiger partial charge in [0.15, 0.2) is 11.6 Å². The first-order valence-corrected chi connectivity index (χ1v) is 4.79. The first-order valence-electron chi connectivity index (χ1n) is 4.79. The second-order valence-corrected chi connectivity index (χ2v) is 3.38. The van der Waals surface area contributed by atoms with Gasteiger partial charge in [0.25, 0.3) is 0 Å². The Bertz CT molecular complexity index is 434. The molecule has 1 aromatic rings. The van der Waals surface area contributed by atoms with Crippen molar-refractivity contribution in [3.8, 4) is 0 Å². The first-order chi connectivity index (χ1) is 7.52. The summed E-state index contributed by atoms with van der Waals surface area (Å²) in [6, 6.07) is 6.35. The van der Waals surface area contributed by atoms with E-state index in [0.717, 1.165) is 0 Å².